The summed E-state index contributed by atoms with van der Waals surface area (Å²) in [6, 6.07) is -1.90. The van der Waals surface area contributed by atoms with Crippen LogP contribution in [0.3, 0.4) is 0 Å². The Bertz CT molecular complexity index is 618. The molecule has 1 fully saturated rings. The zero-order valence-electron chi connectivity index (χ0n) is 16.7. The van der Waals surface area contributed by atoms with E-state index in [4.69, 9.17) is 16.6 Å². The minimum Gasteiger partial charge on any atom is -0.481 e. The van der Waals surface area contributed by atoms with Crippen molar-refractivity contribution in [1.29, 1.82) is 0 Å². The Morgan fingerprint density at radius 3 is 2.17 bits per heavy atom. The van der Waals surface area contributed by atoms with Crippen molar-refractivity contribution in [3.05, 3.63) is 0 Å². The molecule has 11 nitrogen and oxygen atoms in total. The molecule has 29 heavy (non-hydrogen) atoms. The van der Waals surface area contributed by atoms with Crippen LogP contribution in [-0.2, 0) is 24.0 Å². The largest absolute Gasteiger partial charge is 0.481 e. The van der Waals surface area contributed by atoms with Gasteiger partial charge in [0.2, 0.25) is 23.6 Å². The molecule has 0 aromatic heterocycles. The smallest absolute Gasteiger partial charge is 0.305 e. The van der Waals surface area contributed by atoms with Crippen LogP contribution in [0.1, 0.15) is 45.4 Å². The summed E-state index contributed by atoms with van der Waals surface area (Å²) in [6.45, 7) is 2.51. The van der Waals surface area contributed by atoms with Gasteiger partial charge in [0.15, 0.2) is 0 Å². The van der Waals surface area contributed by atoms with E-state index in [-0.39, 0.29) is 11.8 Å². The van der Waals surface area contributed by atoms with E-state index in [9.17, 15) is 24.0 Å². The van der Waals surface area contributed by atoms with Crippen LogP contribution in [-0.4, -0.2) is 71.3 Å². The molecule has 4 amide bonds. The van der Waals surface area contributed by atoms with E-state index in [1.54, 1.807) is 4.90 Å². The highest BCUT2D eigenvalue weighted by atomic mass is 16.4. The number of nitrogens with zero attached hydrogens (tertiary/aromatic N) is 1. The Labute approximate surface area is 169 Å². The minimum absolute atomic E-state index is 0.197. The van der Waals surface area contributed by atoms with E-state index < -0.39 is 42.2 Å². The maximum absolute atomic E-state index is 12.7. The van der Waals surface area contributed by atoms with Crippen molar-refractivity contribution >= 4 is 29.6 Å². The van der Waals surface area contributed by atoms with Crippen LogP contribution in [0.15, 0.2) is 0 Å². The van der Waals surface area contributed by atoms with Gasteiger partial charge in [-0.05, 0) is 38.6 Å². The molecule has 1 saturated heterocycles. The normalized spacial score (nSPS) is 16.6. The summed E-state index contributed by atoms with van der Waals surface area (Å²) in [5.74, 6) is -3.55. The average molecular weight is 413 g/mol. The Kier molecular flexibility index (Phi) is 10.1. The number of carboxylic acids is 1. The first kappa shape index (κ1) is 24.3. The lowest BCUT2D eigenvalue weighted by Crippen LogP contribution is -2.53. The van der Waals surface area contributed by atoms with Crippen LogP contribution < -0.4 is 22.1 Å². The number of nitrogens with one attached hydrogen (secondary N) is 2. The molecule has 1 aliphatic rings. The van der Waals surface area contributed by atoms with Gasteiger partial charge in [0, 0.05) is 25.9 Å². The number of likely N-dealkylation sites (tertiary alicyclic amines) is 1. The van der Waals surface area contributed by atoms with Crippen LogP contribution in [0.25, 0.3) is 0 Å². The number of primary amides is 1. The summed E-state index contributed by atoms with van der Waals surface area (Å²) in [6.07, 6.45) is 2.11. The molecule has 2 atom stereocenters. The van der Waals surface area contributed by atoms with Gasteiger partial charge in [-0.1, -0.05) is 0 Å². The van der Waals surface area contributed by atoms with Crippen molar-refractivity contribution in [3.63, 3.8) is 0 Å². The molecular formula is C18H31N5O6. The van der Waals surface area contributed by atoms with Crippen molar-refractivity contribution in [2.75, 3.05) is 19.6 Å². The van der Waals surface area contributed by atoms with Gasteiger partial charge in [-0.15, -0.1) is 0 Å². The molecule has 11 heteroatoms. The maximum atomic E-state index is 12.7. The van der Waals surface area contributed by atoms with Gasteiger partial charge in [0.05, 0.1) is 6.42 Å². The molecule has 1 heterocycles. The van der Waals surface area contributed by atoms with E-state index in [1.165, 1.54) is 6.92 Å². The Morgan fingerprint density at radius 2 is 1.69 bits per heavy atom. The SMILES string of the molecule is CC(=O)N[C@@H](CCCCN)C(=O)N1CCC(C(=O)N[C@@H](CC(=O)O)C(N)=O)CC1. The summed E-state index contributed by atoms with van der Waals surface area (Å²) in [7, 11) is 0. The summed E-state index contributed by atoms with van der Waals surface area (Å²) >= 11 is 0. The Balaban J connectivity index is 2.60. The summed E-state index contributed by atoms with van der Waals surface area (Å²) in [4.78, 5) is 60.2. The molecule has 164 valence electrons. The third-order valence-electron chi connectivity index (χ3n) is 4.84. The van der Waals surface area contributed by atoms with Crippen molar-refractivity contribution in [2.24, 2.45) is 17.4 Å². The lowest BCUT2D eigenvalue weighted by Gasteiger charge is -2.34. The van der Waals surface area contributed by atoms with E-state index >= 15 is 0 Å². The van der Waals surface area contributed by atoms with E-state index in [1.807, 2.05) is 0 Å². The lowest BCUT2D eigenvalue weighted by atomic mass is 9.94. The zero-order chi connectivity index (χ0) is 22.0. The molecule has 1 aliphatic heterocycles. The summed E-state index contributed by atoms with van der Waals surface area (Å²) in [5.41, 5.74) is 10.6. The van der Waals surface area contributed by atoms with E-state index in [2.05, 4.69) is 10.6 Å². The first-order valence-electron chi connectivity index (χ1n) is 9.73. The van der Waals surface area contributed by atoms with Crippen LogP contribution in [0.5, 0.6) is 0 Å². The molecule has 0 unspecified atom stereocenters. The van der Waals surface area contributed by atoms with Crippen molar-refractivity contribution in [1.82, 2.24) is 15.5 Å². The lowest BCUT2D eigenvalue weighted by molar-refractivity contribution is -0.141. The highest BCUT2D eigenvalue weighted by molar-refractivity contribution is 5.90. The van der Waals surface area contributed by atoms with Gasteiger partial charge in [0.1, 0.15) is 12.1 Å². The van der Waals surface area contributed by atoms with Crippen LogP contribution in [0.4, 0.5) is 0 Å². The summed E-state index contributed by atoms with van der Waals surface area (Å²) in [5, 5.41) is 13.9. The number of aliphatic carboxylic acids is 1. The first-order valence-corrected chi connectivity index (χ1v) is 9.73. The molecule has 0 spiro atoms. The van der Waals surface area contributed by atoms with Gasteiger partial charge in [-0.2, -0.15) is 0 Å². The van der Waals surface area contributed by atoms with Crippen LogP contribution >= 0.6 is 0 Å². The number of carbonyl (C=O) groups excluding carboxylic acids is 4. The molecule has 0 saturated carbocycles. The number of amides is 4. The fourth-order valence-electron chi connectivity index (χ4n) is 3.26. The number of nitrogens with two attached hydrogens (primary N) is 2. The molecule has 0 aliphatic carbocycles. The molecule has 1 rings (SSSR count). The predicted octanol–water partition coefficient (Wildman–Crippen LogP) is -1.70. The Morgan fingerprint density at radius 1 is 1.07 bits per heavy atom. The number of rotatable bonds is 11. The standard InChI is InChI=1S/C18H31N5O6/c1-11(24)21-13(4-2-3-7-19)18(29)23-8-5-12(6-9-23)17(28)22-14(16(20)27)10-15(25)26/h12-14H,2-10,19H2,1H3,(H2,20,27)(H,21,24)(H,22,28)(H,25,26)/t13-,14-/m0/s1. The topological polar surface area (TPSA) is 185 Å². The number of hydrogen-bond donors (Lipinski definition) is 5. The third-order valence-corrected chi connectivity index (χ3v) is 4.84. The van der Waals surface area contributed by atoms with Gasteiger partial charge in [-0.3, -0.25) is 24.0 Å². The second kappa shape index (κ2) is 12.0. The van der Waals surface area contributed by atoms with Gasteiger partial charge in [-0.25, -0.2) is 0 Å². The van der Waals surface area contributed by atoms with Crippen molar-refractivity contribution in [3.8, 4) is 0 Å². The molecule has 0 bridgehead atoms. The molecule has 7 N–H and O–H groups in total. The summed E-state index contributed by atoms with van der Waals surface area (Å²) < 4.78 is 0. The van der Waals surface area contributed by atoms with Gasteiger partial charge >= 0.3 is 5.97 Å². The van der Waals surface area contributed by atoms with E-state index in [0.29, 0.717) is 45.3 Å². The number of carboxylic acid groups (broad SMARTS) is 1. The quantitative estimate of drug-likeness (QED) is 0.250. The van der Waals surface area contributed by atoms with Gasteiger partial charge in [0.25, 0.3) is 0 Å². The molecule has 0 aromatic carbocycles. The fraction of sp³-hybridized carbons (Fsp3) is 0.722. The maximum Gasteiger partial charge on any atom is 0.305 e. The van der Waals surface area contributed by atoms with Gasteiger partial charge < -0.3 is 32.1 Å². The number of hydrogen-bond acceptors (Lipinski definition) is 6. The third kappa shape index (κ3) is 8.46. The molecule has 0 radical (unpaired) electrons. The predicted molar refractivity (Wildman–Crippen MR) is 103 cm³/mol. The van der Waals surface area contributed by atoms with Crippen molar-refractivity contribution < 1.29 is 29.1 Å². The van der Waals surface area contributed by atoms with Crippen molar-refractivity contribution in [2.45, 2.75) is 57.5 Å². The molecule has 0 aromatic rings. The highest BCUT2D eigenvalue weighted by Crippen LogP contribution is 2.19. The van der Waals surface area contributed by atoms with Crippen LogP contribution in [0.2, 0.25) is 0 Å². The second-order valence-corrected chi connectivity index (χ2v) is 7.20. The monoisotopic (exact) mass is 413 g/mol. The zero-order valence-corrected chi connectivity index (χ0v) is 16.7. The Hall–Kier alpha value is -2.69. The number of carbonyl (C=O) groups is 5. The number of piperidine rings is 1. The minimum atomic E-state index is -1.27. The molecular weight excluding hydrogens is 382 g/mol. The van der Waals surface area contributed by atoms with Crippen LogP contribution in [0, 0.1) is 5.92 Å². The first-order chi connectivity index (χ1) is 13.6. The highest BCUT2D eigenvalue weighted by Gasteiger charge is 2.32. The number of unbranched alkanes of at least 4 members (excludes halogenated alkanes) is 1. The fourth-order valence-corrected chi connectivity index (χ4v) is 3.26. The second-order valence-electron chi connectivity index (χ2n) is 7.20. The average Bonchev–Trinajstić information content (AvgIpc) is 2.65. The van der Waals surface area contributed by atoms with E-state index in [0.717, 1.165) is 6.42 Å².